The van der Waals surface area contributed by atoms with Gasteiger partial charge < -0.3 is 25.0 Å². The van der Waals surface area contributed by atoms with Crippen molar-refractivity contribution >= 4 is 23.4 Å². The summed E-state index contributed by atoms with van der Waals surface area (Å²) in [5, 5.41) is 16.9. The van der Waals surface area contributed by atoms with Crippen LogP contribution < -0.4 is 19.9 Å². The van der Waals surface area contributed by atoms with Crippen molar-refractivity contribution in [2.75, 3.05) is 35.3 Å². The van der Waals surface area contributed by atoms with E-state index >= 15 is 0 Å². The maximum Gasteiger partial charge on any atom is 0.435 e. The normalized spacial score (nSPS) is 20.7. The molecule has 11 nitrogen and oxygen atoms in total. The molecule has 0 spiro atoms. The lowest BCUT2D eigenvalue weighted by Crippen LogP contribution is -2.64. The van der Waals surface area contributed by atoms with Gasteiger partial charge in [-0.15, -0.1) is 0 Å². The molecule has 2 N–H and O–H groups in total. The van der Waals surface area contributed by atoms with Gasteiger partial charge in [0.25, 0.3) is 5.91 Å². The highest BCUT2D eigenvalue weighted by atomic mass is 19.4. The van der Waals surface area contributed by atoms with Crippen molar-refractivity contribution in [2.24, 2.45) is 0 Å². The van der Waals surface area contributed by atoms with Gasteiger partial charge in [0, 0.05) is 38.5 Å². The number of amides is 1. The zero-order chi connectivity index (χ0) is 27.5. The number of aliphatic hydroxyl groups is 1. The summed E-state index contributed by atoms with van der Waals surface area (Å²) >= 11 is 0. The number of aliphatic hydroxyl groups excluding tert-OH is 1. The van der Waals surface area contributed by atoms with Gasteiger partial charge in [0.05, 0.1) is 18.3 Å². The van der Waals surface area contributed by atoms with Gasteiger partial charge >= 0.3 is 6.18 Å². The van der Waals surface area contributed by atoms with E-state index < -0.39 is 17.4 Å². The number of rotatable bonds is 7. The van der Waals surface area contributed by atoms with Gasteiger partial charge in [-0.3, -0.25) is 4.79 Å². The second-order valence-corrected chi connectivity index (χ2v) is 10.2. The number of aromatic nitrogens is 5. The van der Waals surface area contributed by atoms with Crippen LogP contribution in [0.4, 0.5) is 30.6 Å². The fourth-order valence-corrected chi connectivity index (χ4v) is 4.85. The molecule has 0 aromatic carbocycles. The molecule has 14 heteroatoms. The summed E-state index contributed by atoms with van der Waals surface area (Å²) in [7, 11) is 1.74. The number of halogens is 3. The first kappa shape index (κ1) is 25.3. The second kappa shape index (κ2) is 9.07. The first-order valence-electron chi connectivity index (χ1n) is 12.7. The molecule has 2 aliphatic heterocycles. The Morgan fingerprint density at radius 2 is 2.05 bits per heavy atom. The highest BCUT2D eigenvalue weighted by Crippen LogP contribution is 2.43. The van der Waals surface area contributed by atoms with Crippen molar-refractivity contribution in [2.45, 2.75) is 56.9 Å². The van der Waals surface area contributed by atoms with Gasteiger partial charge in [0.2, 0.25) is 17.7 Å². The number of nitrogens with one attached hydrogen (secondary N) is 1. The van der Waals surface area contributed by atoms with Gasteiger partial charge in [0.1, 0.15) is 11.2 Å². The Morgan fingerprint density at radius 3 is 2.72 bits per heavy atom. The average Bonchev–Trinajstić information content (AvgIpc) is 3.68. The maximum atomic E-state index is 13.1. The number of pyridine rings is 1. The lowest BCUT2D eigenvalue weighted by atomic mass is 9.93. The molecule has 1 aliphatic carbocycles. The highest BCUT2D eigenvalue weighted by Gasteiger charge is 2.49. The predicted molar refractivity (Wildman–Crippen MR) is 134 cm³/mol. The molecule has 39 heavy (non-hydrogen) atoms. The van der Waals surface area contributed by atoms with Crippen LogP contribution in [-0.2, 0) is 23.9 Å². The summed E-state index contributed by atoms with van der Waals surface area (Å²) in [6, 6.07) is 4.12. The van der Waals surface area contributed by atoms with E-state index in [0.29, 0.717) is 37.0 Å². The van der Waals surface area contributed by atoms with Crippen molar-refractivity contribution in [1.29, 1.82) is 0 Å². The summed E-state index contributed by atoms with van der Waals surface area (Å²) < 4.78 is 46.4. The maximum absolute atomic E-state index is 13.1. The van der Waals surface area contributed by atoms with Gasteiger partial charge in [-0.05, 0) is 38.2 Å². The Balaban J connectivity index is 1.18. The van der Waals surface area contributed by atoms with Crippen LogP contribution in [0, 0.1) is 0 Å². The predicted octanol–water partition coefficient (Wildman–Crippen LogP) is 3.31. The molecule has 0 saturated heterocycles. The number of anilines is 3. The number of hydrogen-bond donors (Lipinski definition) is 2. The Bertz CT molecular complexity index is 1420. The lowest BCUT2D eigenvalue weighted by molar-refractivity contribution is -0.141. The van der Waals surface area contributed by atoms with Crippen LogP contribution in [0.2, 0.25) is 0 Å². The number of hydrogen-bond acceptors (Lipinski definition) is 9. The molecule has 0 unspecified atom stereocenters. The van der Waals surface area contributed by atoms with Crippen molar-refractivity contribution in [3.63, 3.8) is 0 Å². The van der Waals surface area contributed by atoms with E-state index in [1.807, 2.05) is 0 Å². The number of alkyl halides is 3. The van der Waals surface area contributed by atoms with E-state index in [2.05, 4.69) is 25.4 Å². The number of nitrogens with zero attached hydrogens (tertiary/aromatic N) is 7. The molecular formula is C25H27F3N8O3. The summed E-state index contributed by atoms with van der Waals surface area (Å²) in [6.07, 6.45) is -0.0315. The molecule has 0 bridgehead atoms. The lowest BCUT2D eigenvalue weighted by Gasteiger charge is -2.47. The van der Waals surface area contributed by atoms with Crippen LogP contribution in [0.25, 0.3) is 0 Å². The molecule has 3 aliphatic rings. The third-order valence-electron chi connectivity index (χ3n) is 7.42. The topological polar surface area (TPSA) is 122 Å². The molecule has 6 rings (SSSR count). The van der Waals surface area contributed by atoms with Crippen LogP contribution in [0.5, 0.6) is 11.8 Å². The fourth-order valence-electron chi connectivity index (χ4n) is 4.85. The second-order valence-electron chi connectivity index (χ2n) is 10.2. The average molecular weight is 545 g/mol. The largest absolute Gasteiger partial charge is 0.435 e. The van der Waals surface area contributed by atoms with E-state index in [0.717, 1.165) is 36.6 Å². The third-order valence-corrected chi connectivity index (χ3v) is 7.42. The van der Waals surface area contributed by atoms with Crippen LogP contribution in [-0.4, -0.2) is 61.5 Å². The summed E-state index contributed by atoms with van der Waals surface area (Å²) in [5.41, 5.74) is 0.109. The Labute approximate surface area is 221 Å². The standard InChI is InChI=1S/C25H27F3N8O3/c1-24(13-37)22(38)35-9-3-4-16-20(35)21(34(24)2)32-23(31-16)30-12-14-5-8-18(29-11-14)39-19-10-17(25(26,27)28)33-36(19)15-6-7-15/h5,8,10-11,15,37H,3-4,6-7,9,12-13H2,1-2H3,(H,30,31,32)/t24-/m0/s1. The first-order valence-corrected chi connectivity index (χ1v) is 12.7. The summed E-state index contributed by atoms with van der Waals surface area (Å²) in [6.45, 7) is 2.23. The van der Waals surface area contributed by atoms with Crippen LogP contribution in [0.3, 0.4) is 0 Å². The number of carbonyl (C=O) groups is 1. The first-order chi connectivity index (χ1) is 18.6. The molecule has 5 heterocycles. The van der Waals surface area contributed by atoms with E-state index in [4.69, 9.17) is 4.74 Å². The smallest absolute Gasteiger partial charge is 0.421 e. The fraction of sp³-hybridized carbons (Fsp3) is 0.480. The molecule has 1 atom stereocenters. The van der Waals surface area contributed by atoms with Crippen LogP contribution >= 0.6 is 0 Å². The highest BCUT2D eigenvalue weighted by molar-refractivity contribution is 6.08. The zero-order valence-corrected chi connectivity index (χ0v) is 21.4. The molecule has 1 fully saturated rings. The molecule has 3 aromatic rings. The molecule has 0 radical (unpaired) electrons. The van der Waals surface area contributed by atoms with Gasteiger partial charge in [-0.2, -0.15) is 23.3 Å². The zero-order valence-electron chi connectivity index (χ0n) is 21.4. The van der Waals surface area contributed by atoms with E-state index in [1.54, 1.807) is 42.1 Å². The molecule has 1 saturated carbocycles. The van der Waals surface area contributed by atoms with Crippen molar-refractivity contribution in [1.82, 2.24) is 24.7 Å². The Hall–Kier alpha value is -3.94. The minimum Gasteiger partial charge on any atom is -0.421 e. The van der Waals surface area contributed by atoms with E-state index in [-0.39, 0.29) is 30.3 Å². The molecular weight excluding hydrogens is 517 g/mol. The molecule has 206 valence electrons. The summed E-state index contributed by atoms with van der Waals surface area (Å²) in [5.74, 6) is 0.934. The van der Waals surface area contributed by atoms with Crippen LogP contribution in [0.1, 0.15) is 49.2 Å². The third kappa shape index (κ3) is 4.41. The molecule has 3 aromatic heterocycles. The molecule has 1 amide bonds. The Morgan fingerprint density at radius 1 is 1.26 bits per heavy atom. The van der Waals surface area contributed by atoms with Gasteiger partial charge in [-0.25, -0.2) is 14.6 Å². The van der Waals surface area contributed by atoms with Crippen LogP contribution in [0.15, 0.2) is 24.4 Å². The van der Waals surface area contributed by atoms with Crippen molar-refractivity contribution in [3.8, 4) is 11.8 Å². The minimum atomic E-state index is -4.56. The van der Waals surface area contributed by atoms with E-state index in [1.165, 1.54) is 4.68 Å². The number of aryl methyl sites for hydroxylation is 1. The van der Waals surface area contributed by atoms with Crippen molar-refractivity contribution < 1.29 is 27.8 Å². The van der Waals surface area contributed by atoms with Gasteiger partial charge in [-0.1, -0.05) is 6.07 Å². The van der Waals surface area contributed by atoms with Crippen molar-refractivity contribution in [3.05, 3.63) is 41.3 Å². The minimum absolute atomic E-state index is 0.00570. The van der Waals surface area contributed by atoms with E-state index in [9.17, 15) is 23.1 Å². The Kier molecular flexibility index (Phi) is 5.90. The van der Waals surface area contributed by atoms with Gasteiger partial charge in [0.15, 0.2) is 11.5 Å². The number of carbonyl (C=O) groups excluding carboxylic acids is 1. The monoisotopic (exact) mass is 544 g/mol. The summed E-state index contributed by atoms with van der Waals surface area (Å²) in [4.78, 5) is 30.0. The quantitative estimate of drug-likeness (QED) is 0.461. The SMILES string of the molecule is CN1c2nc(NCc3ccc(Oc4cc(C(F)(F)F)nn4C4CC4)nc3)nc3c2N(CCC3)C(=O)[C@]1(C)CO. The number of likely N-dealkylation sites (N-methyl/N-ethyl adjacent to an activating group) is 1. The number of ether oxygens (including phenoxy) is 1.